The van der Waals surface area contributed by atoms with Gasteiger partial charge in [0.15, 0.2) is 11.0 Å². The van der Waals surface area contributed by atoms with Gasteiger partial charge in [0.1, 0.15) is 5.75 Å². The molecule has 0 amide bonds. The summed E-state index contributed by atoms with van der Waals surface area (Å²) in [5.41, 5.74) is 2.34. The van der Waals surface area contributed by atoms with Gasteiger partial charge in [-0.2, -0.15) is 0 Å². The zero-order chi connectivity index (χ0) is 16.8. The van der Waals surface area contributed by atoms with Gasteiger partial charge in [-0.25, -0.2) is 0 Å². The van der Waals surface area contributed by atoms with Crippen LogP contribution in [0, 0.1) is 0 Å². The Morgan fingerprint density at radius 3 is 2.38 bits per heavy atom. The molecule has 0 aliphatic rings. The zero-order valence-corrected chi connectivity index (χ0v) is 14.8. The number of hydrogen-bond donors (Lipinski definition) is 0. The Balaban J connectivity index is 1.78. The first-order chi connectivity index (χ1) is 11.8. The van der Waals surface area contributed by atoms with Crippen molar-refractivity contribution in [1.29, 1.82) is 0 Å². The van der Waals surface area contributed by atoms with E-state index < -0.39 is 0 Å². The quantitative estimate of drug-likeness (QED) is 0.587. The molecular formula is C19H21N3OS. The lowest BCUT2D eigenvalue weighted by atomic mass is 10.2. The van der Waals surface area contributed by atoms with Crippen molar-refractivity contribution >= 4 is 11.8 Å². The molecular weight excluding hydrogens is 318 g/mol. The molecule has 24 heavy (non-hydrogen) atoms. The number of nitrogens with zero attached hydrogens (tertiary/aromatic N) is 3. The number of hydrogen-bond acceptors (Lipinski definition) is 4. The van der Waals surface area contributed by atoms with Crippen molar-refractivity contribution in [2.45, 2.75) is 31.3 Å². The van der Waals surface area contributed by atoms with E-state index >= 15 is 0 Å². The van der Waals surface area contributed by atoms with Crippen molar-refractivity contribution < 1.29 is 4.74 Å². The summed E-state index contributed by atoms with van der Waals surface area (Å²) in [5, 5.41) is 9.73. The predicted octanol–water partition coefficient (Wildman–Crippen LogP) is 4.66. The highest BCUT2D eigenvalue weighted by Gasteiger charge is 2.13. The van der Waals surface area contributed by atoms with E-state index in [9.17, 15) is 0 Å². The second-order valence-corrected chi connectivity index (χ2v) is 6.22. The Morgan fingerprint density at radius 1 is 0.958 bits per heavy atom. The third-order valence-corrected chi connectivity index (χ3v) is 4.71. The molecule has 3 aromatic rings. The Morgan fingerprint density at radius 2 is 1.71 bits per heavy atom. The molecule has 0 aliphatic carbocycles. The maximum absolute atomic E-state index is 5.50. The van der Waals surface area contributed by atoms with Crippen LogP contribution < -0.4 is 4.74 Å². The van der Waals surface area contributed by atoms with Crippen LogP contribution >= 0.6 is 11.8 Å². The lowest BCUT2D eigenvalue weighted by molar-refractivity contribution is 0.340. The maximum Gasteiger partial charge on any atom is 0.191 e. The number of rotatable bonds is 7. The van der Waals surface area contributed by atoms with Crippen molar-refractivity contribution in [2.75, 3.05) is 6.61 Å². The van der Waals surface area contributed by atoms with E-state index in [1.807, 2.05) is 37.3 Å². The van der Waals surface area contributed by atoms with Crippen molar-refractivity contribution in [3.05, 3.63) is 60.2 Å². The molecule has 1 heterocycles. The fourth-order valence-electron chi connectivity index (χ4n) is 2.48. The van der Waals surface area contributed by atoms with Gasteiger partial charge in [0.05, 0.1) is 6.61 Å². The Bertz CT molecular complexity index is 769. The first kappa shape index (κ1) is 16.6. The van der Waals surface area contributed by atoms with Gasteiger partial charge in [-0.3, -0.25) is 0 Å². The number of thioether (sulfide) groups is 1. The average molecular weight is 339 g/mol. The lowest BCUT2D eigenvalue weighted by Gasteiger charge is -2.08. The predicted molar refractivity (Wildman–Crippen MR) is 98.3 cm³/mol. The molecule has 0 spiro atoms. The molecule has 4 nitrogen and oxygen atoms in total. The number of aromatic nitrogens is 3. The number of ether oxygens (including phenoxy) is 1. The third kappa shape index (κ3) is 3.79. The van der Waals surface area contributed by atoms with E-state index in [4.69, 9.17) is 4.74 Å². The molecule has 0 aliphatic heterocycles. The topological polar surface area (TPSA) is 39.9 Å². The summed E-state index contributed by atoms with van der Waals surface area (Å²) in [5.74, 6) is 2.67. The van der Waals surface area contributed by atoms with Crippen LogP contribution in [0.3, 0.4) is 0 Å². The van der Waals surface area contributed by atoms with Crippen LogP contribution in [0.1, 0.15) is 19.4 Å². The molecule has 0 bridgehead atoms. The highest BCUT2D eigenvalue weighted by Crippen LogP contribution is 2.27. The lowest BCUT2D eigenvalue weighted by Crippen LogP contribution is -2.00. The average Bonchev–Trinajstić information content (AvgIpc) is 3.05. The summed E-state index contributed by atoms with van der Waals surface area (Å²) in [7, 11) is 0. The van der Waals surface area contributed by atoms with E-state index in [0.717, 1.165) is 34.6 Å². The van der Waals surface area contributed by atoms with Crippen LogP contribution in [-0.4, -0.2) is 21.4 Å². The van der Waals surface area contributed by atoms with Gasteiger partial charge in [0.2, 0.25) is 0 Å². The highest BCUT2D eigenvalue weighted by molar-refractivity contribution is 7.98. The summed E-state index contributed by atoms with van der Waals surface area (Å²) in [6.07, 6.45) is 0. The monoisotopic (exact) mass is 339 g/mol. The molecule has 124 valence electrons. The molecule has 1 aromatic heterocycles. The van der Waals surface area contributed by atoms with Crippen LogP contribution in [0.4, 0.5) is 0 Å². The van der Waals surface area contributed by atoms with E-state index in [2.05, 4.69) is 46.0 Å². The first-order valence-electron chi connectivity index (χ1n) is 8.15. The molecule has 0 N–H and O–H groups in total. The third-order valence-electron chi connectivity index (χ3n) is 3.67. The van der Waals surface area contributed by atoms with E-state index in [1.165, 1.54) is 5.56 Å². The van der Waals surface area contributed by atoms with Gasteiger partial charge in [-0.05, 0) is 43.7 Å². The maximum atomic E-state index is 5.50. The molecule has 0 radical (unpaired) electrons. The largest absolute Gasteiger partial charge is 0.494 e. The standard InChI is InChI=1S/C19H21N3OS/c1-3-22-18(16-10-12-17(13-11-16)23-4-2)20-21-19(22)24-14-15-8-6-5-7-9-15/h5-13H,3-4,14H2,1-2H3. The summed E-state index contributed by atoms with van der Waals surface area (Å²) in [6.45, 7) is 5.61. The van der Waals surface area contributed by atoms with Gasteiger partial charge in [0, 0.05) is 17.9 Å². The van der Waals surface area contributed by atoms with E-state index in [-0.39, 0.29) is 0 Å². The van der Waals surface area contributed by atoms with Crippen molar-refractivity contribution in [3.8, 4) is 17.1 Å². The normalized spacial score (nSPS) is 10.8. The van der Waals surface area contributed by atoms with Gasteiger partial charge in [-0.15, -0.1) is 10.2 Å². The molecule has 0 saturated carbocycles. The zero-order valence-electron chi connectivity index (χ0n) is 14.0. The molecule has 0 saturated heterocycles. The molecule has 2 aromatic carbocycles. The fraction of sp³-hybridized carbons (Fsp3) is 0.263. The summed E-state index contributed by atoms with van der Waals surface area (Å²) in [6, 6.07) is 18.4. The molecule has 0 fully saturated rings. The molecule has 0 unspecified atom stereocenters. The Hall–Kier alpha value is -2.27. The highest BCUT2D eigenvalue weighted by atomic mass is 32.2. The van der Waals surface area contributed by atoms with Crippen LogP contribution in [0.15, 0.2) is 59.8 Å². The van der Waals surface area contributed by atoms with Gasteiger partial charge >= 0.3 is 0 Å². The van der Waals surface area contributed by atoms with Gasteiger partial charge in [0.25, 0.3) is 0 Å². The van der Waals surface area contributed by atoms with Gasteiger partial charge < -0.3 is 9.30 Å². The first-order valence-corrected chi connectivity index (χ1v) is 9.13. The van der Waals surface area contributed by atoms with Crippen molar-refractivity contribution in [3.63, 3.8) is 0 Å². The molecule has 5 heteroatoms. The smallest absolute Gasteiger partial charge is 0.191 e. The van der Waals surface area contributed by atoms with Crippen LogP contribution in [-0.2, 0) is 12.3 Å². The summed E-state index contributed by atoms with van der Waals surface area (Å²) in [4.78, 5) is 0. The minimum atomic E-state index is 0.671. The van der Waals surface area contributed by atoms with Crippen LogP contribution in [0.2, 0.25) is 0 Å². The van der Waals surface area contributed by atoms with Crippen LogP contribution in [0.5, 0.6) is 5.75 Å². The minimum Gasteiger partial charge on any atom is -0.494 e. The second kappa shape index (κ2) is 8.02. The summed E-state index contributed by atoms with van der Waals surface area (Å²) >= 11 is 1.72. The SMILES string of the molecule is CCOc1ccc(-c2nnc(SCc3ccccc3)n2CC)cc1. The van der Waals surface area contributed by atoms with Gasteiger partial charge in [-0.1, -0.05) is 42.1 Å². The molecule has 0 atom stereocenters. The summed E-state index contributed by atoms with van der Waals surface area (Å²) < 4.78 is 7.66. The Labute approximate surface area is 146 Å². The molecule has 3 rings (SSSR count). The minimum absolute atomic E-state index is 0.671. The van der Waals surface area contributed by atoms with Crippen molar-refractivity contribution in [2.24, 2.45) is 0 Å². The Kier molecular flexibility index (Phi) is 5.54. The van der Waals surface area contributed by atoms with E-state index in [1.54, 1.807) is 11.8 Å². The van der Waals surface area contributed by atoms with E-state index in [0.29, 0.717) is 6.61 Å². The number of benzene rings is 2. The van der Waals surface area contributed by atoms with Crippen molar-refractivity contribution in [1.82, 2.24) is 14.8 Å². The second-order valence-electron chi connectivity index (χ2n) is 5.28. The fourth-order valence-corrected chi connectivity index (χ4v) is 3.44. The van der Waals surface area contributed by atoms with Crippen LogP contribution in [0.25, 0.3) is 11.4 Å².